The van der Waals surface area contributed by atoms with E-state index in [1.165, 1.54) is 14.2 Å². The van der Waals surface area contributed by atoms with Crippen molar-refractivity contribution in [1.29, 1.82) is 0 Å². The van der Waals surface area contributed by atoms with Gasteiger partial charge in [-0.25, -0.2) is 4.39 Å². The van der Waals surface area contributed by atoms with Gasteiger partial charge in [-0.3, -0.25) is 0 Å². The van der Waals surface area contributed by atoms with Gasteiger partial charge in [-0.2, -0.15) is 0 Å². The molecule has 0 fully saturated rings. The monoisotopic (exact) mass is 242 g/mol. The molecule has 4 heteroatoms. The van der Waals surface area contributed by atoms with Crippen LogP contribution in [-0.4, -0.2) is 25.4 Å². The number of methoxy groups -OCH3 is 2. The molecule has 1 aromatic carbocycles. The van der Waals surface area contributed by atoms with Crippen LogP contribution in [0.3, 0.4) is 0 Å². The number of benzene rings is 1. The normalized spacial score (nSPS) is 12.4. The largest absolute Gasteiger partial charge is 0.496 e. The van der Waals surface area contributed by atoms with Crippen LogP contribution in [0.2, 0.25) is 0 Å². The average Bonchev–Trinajstić information content (AvgIpc) is 2.27. The van der Waals surface area contributed by atoms with Crippen molar-refractivity contribution >= 4 is 0 Å². The molecule has 0 aliphatic heterocycles. The van der Waals surface area contributed by atoms with E-state index >= 15 is 0 Å². The third-order valence-corrected chi connectivity index (χ3v) is 2.84. The Bertz CT molecular complexity index is 414. The number of ether oxygens (including phenoxy) is 2. The fourth-order valence-corrected chi connectivity index (χ4v) is 2.03. The van der Waals surface area contributed by atoms with Crippen LogP contribution < -0.4 is 9.47 Å². The van der Waals surface area contributed by atoms with E-state index in [2.05, 4.69) is 0 Å². The van der Waals surface area contributed by atoms with Gasteiger partial charge in [0.2, 0.25) is 0 Å². The molecule has 17 heavy (non-hydrogen) atoms. The number of hydrogen-bond donors (Lipinski definition) is 1. The van der Waals surface area contributed by atoms with Crippen LogP contribution in [0.25, 0.3) is 0 Å². The fraction of sp³-hybridized carbons (Fsp3) is 0.538. The van der Waals surface area contributed by atoms with Crippen LogP contribution in [0.5, 0.6) is 11.5 Å². The lowest BCUT2D eigenvalue weighted by molar-refractivity contribution is 0.193. The number of aliphatic hydroxyl groups excluding tert-OH is 1. The Morgan fingerprint density at radius 2 is 1.65 bits per heavy atom. The van der Waals surface area contributed by atoms with Crippen LogP contribution >= 0.6 is 0 Å². The summed E-state index contributed by atoms with van der Waals surface area (Å²) in [6.45, 7) is 5.09. The van der Waals surface area contributed by atoms with Crippen LogP contribution in [0.1, 0.15) is 23.6 Å². The van der Waals surface area contributed by atoms with E-state index in [4.69, 9.17) is 9.47 Å². The molecule has 3 nitrogen and oxygen atoms in total. The van der Waals surface area contributed by atoms with E-state index < -0.39 is 11.9 Å². The molecule has 0 saturated heterocycles. The molecular formula is C13H19FO3. The van der Waals surface area contributed by atoms with Gasteiger partial charge >= 0.3 is 0 Å². The Morgan fingerprint density at radius 3 is 2.06 bits per heavy atom. The van der Waals surface area contributed by atoms with Crippen LogP contribution in [-0.2, 0) is 6.42 Å². The maximum atomic E-state index is 14.0. The third kappa shape index (κ3) is 2.52. The molecule has 96 valence electrons. The summed E-state index contributed by atoms with van der Waals surface area (Å²) in [4.78, 5) is 0. The lowest BCUT2D eigenvalue weighted by atomic mass is 9.97. The highest BCUT2D eigenvalue weighted by Crippen LogP contribution is 2.37. The van der Waals surface area contributed by atoms with Crippen molar-refractivity contribution in [1.82, 2.24) is 0 Å². The number of halogens is 1. The van der Waals surface area contributed by atoms with Crippen molar-refractivity contribution in [3.8, 4) is 11.5 Å². The molecule has 0 aromatic heterocycles. The van der Waals surface area contributed by atoms with Crippen LogP contribution in [0, 0.1) is 19.7 Å². The first-order valence-electron chi connectivity index (χ1n) is 5.51. The first-order valence-corrected chi connectivity index (χ1v) is 5.51. The molecule has 0 heterocycles. The summed E-state index contributed by atoms with van der Waals surface area (Å²) < 4.78 is 24.3. The SMILES string of the molecule is COc1c(C)c(CC(C)O)c(OC)c(C)c1F. The van der Waals surface area contributed by atoms with E-state index in [0.29, 0.717) is 23.3 Å². The predicted octanol–water partition coefficient (Wildman–Crippen LogP) is 2.38. The minimum absolute atomic E-state index is 0.221. The van der Waals surface area contributed by atoms with Crippen molar-refractivity contribution in [2.45, 2.75) is 33.3 Å². The minimum Gasteiger partial charge on any atom is -0.496 e. The van der Waals surface area contributed by atoms with Gasteiger partial charge < -0.3 is 14.6 Å². The highest BCUT2D eigenvalue weighted by atomic mass is 19.1. The van der Waals surface area contributed by atoms with Crippen molar-refractivity contribution in [2.75, 3.05) is 14.2 Å². The Morgan fingerprint density at radius 1 is 1.12 bits per heavy atom. The molecule has 0 aliphatic rings. The summed E-state index contributed by atoms with van der Waals surface area (Å²) in [6.07, 6.45) is -0.107. The maximum absolute atomic E-state index is 14.0. The standard InChI is InChI=1S/C13H19FO3/c1-7(15)6-10-8(2)13(17-5)11(14)9(3)12(10)16-4/h7,15H,6H2,1-5H3. The zero-order chi connectivity index (χ0) is 13.2. The van der Waals surface area contributed by atoms with Gasteiger partial charge in [0, 0.05) is 23.1 Å². The molecule has 0 spiro atoms. The molecule has 0 aliphatic carbocycles. The van der Waals surface area contributed by atoms with Crippen LogP contribution in [0.4, 0.5) is 4.39 Å². The highest BCUT2D eigenvalue weighted by molar-refractivity contribution is 5.54. The third-order valence-electron chi connectivity index (χ3n) is 2.84. The second-order valence-electron chi connectivity index (χ2n) is 4.16. The Hall–Kier alpha value is -1.29. The molecule has 0 radical (unpaired) electrons. The number of rotatable bonds is 4. The van der Waals surface area contributed by atoms with Gasteiger partial charge in [0.1, 0.15) is 5.75 Å². The predicted molar refractivity (Wildman–Crippen MR) is 64.4 cm³/mol. The zero-order valence-electron chi connectivity index (χ0n) is 10.9. The zero-order valence-corrected chi connectivity index (χ0v) is 10.9. The van der Waals surface area contributed by atoms with E-state index in [9.17, 15) is 9.50 Å². The Labute approximate surface area is 101 Å². The Balaban J connectivity index is 3.49. The summed E-state index contributed by atoms with van der Waals surface area (Å²) in [5.41, 5.74) is 1.87. The maximum Gasteiger partial charge on any atom is 0.171 e. The van der Waals surface area contributed by atoms with E-state index in [1.807, 2.05) is 0 Å². The second-order valence-corrected chi connectivity index (χ2v) is 4.16. The summed E-state index contributed by atoms with van der Waals surface area (Å²) >= 11 is 0. The van der Waals surface area contributed by atoms with Gasteiger partial charge in [-0.1, -0.05) is 0 Å². The molecule has 1 N–H and O–H groups in total. The fourth-order valence-electron chi connectivity index (χ4n) is 2.03. The number of hydrogen-bond acceptors (Lipinski definition) is 3. The van der Waals surface area contributed by atoms with Crippen molar-refractivity contribution in [3.63, 3.8) is 0 Å². The molecule has 0 saturated carbocycles. The van der Waals surface area contributed by atoms with Gasteiger partial charge in [0.05, 0.1) is 20.3 Å². The van der Waals surface area contributed by atoms with Crippen LogP contribution in [0.15, 0.2) is 0 Å². The molecule has 1 unspecified atom stereocenters. The van der Waals surface area contributed by atoms with Gasteiger partial charge in [-0.15, -0.1) is 0 Å². The lowest BCUT2D eigenvalue weighted by Gasteiger charge is -2.19. The van der Waals surface area contributed by atoms with Gasteiger partial charge in [0.25, 0.3) is 0 Å². The smallest absolute Gasteiger partial charge is 0.171 e. The summed E-state index contributed by atoms with van der Waals surface area (Å²) in [7, 11) is 2.93. The summed E-state index contributed by atoms with van der Waals surface area (Å²) in [5, 5.41) is 9.48. The molecule has 1 rings (SSSR count). The second kappa shape index (κ2) is 5.36. The lowest BCUT2D eigenvalue weighted by Crippen LogP contribution is -2.10. The van der Waals surface area contributed by atoms with Gasteiger partial charge in [0.15, 0.2) is 11.6 Å². The molecule has 0 bridgehead atoms. The van der Waals surface area contributed by atoms with Crippen molar-refractivity contribution in [2.24, 2.45) is 0 Å². The summed E-state index contributed by atoms with van der Waals surface area (Å²) in [6, 6.07) is 0. The first kappa shape index (κ1) is 13.8. The molecule has 0 amide bonds. The minimum atomic E-state index is -0.517. The quantitative estimate of drug-likeness (QED) is 0.881. The first-order chi connectivity index (χ1) is 7.93. The highest BCUT2D eigenvalue weighted by Gasteiger charge is 2.21. The van der Waals surface area contributed by atoms with Gasteiger partial charge in [-0.05, 0) is 20.8 Å². The molecular weight excluding hydrogens is 223 g/mol. The summed E-state index contributed by atoms with van der Waals surface area (Å²) in [5.74, 6) is 0.303. The topological polar surface area (TPSA) is 38.7 Å². The molecule has 1 atom stereocenters. The van der Waals surface area contributed by atoms with E-state index in [0.717, 1.165) is 5.56 Å². The van der Waals surface area contributed by atoms with Crippen molar-refractivity contribution < 1.29 is 19.0 Å². The average molecular weight is 242 g/mol. The van der Waals surface area contributed by atoms with E-state index in [-0.39, 0.29) is 5.75 Å². The molecule has 1 aromatic rings. The number of aliphatic hydroxyl groups is 1. The van der Waals surface area contributed by atoms with E-state index in [1.54, 1.807) is 20.8 Å². The van der Waals surface area contributed by atoms with Crippen molar-refractivity contribution in [3.05, 3.63) is 22.5 Å². The Kier molecular flexibility index (Phi) is 4.34.